The molecule has 0 radical (unpaired) electrons. The monoisotopic (exact) mass is 156 g/mol. The molecular weight excluding hydrogens is 136 g/mol. The van der Waals surface area contributed by atoms with E-state index in [4.69, 9.17) is 0 Å². The zero-order valence-corrected chi connectivity index (χ0v) is 7.88. The first kappa shape index (κ1) is 10.7. The van der Waals surface area contributed by atoms with E-state index in [1.807, 2.05) is 19.1 Å². The molecule has 1 heteroatoms. The van der Waals surface area contributed by atoms with Gasteiger partial charge in [-0.1, -0.05) is 38.8 Å². The summed E-state index contributed by atoms with van der Waals surface area (Å²) in [7, 11) is 0. The van der Waals surface area contributed by atoms with Crippen molar-refractivity contribution in [3.63, 3.8) is 0 Å². The summed E-state index contributed by atoms with van der Waals surface area (Å²) in [6.07, 6.45) is 6.92. The molecule has 0 aromatic heterocycles. The Balaban J connectivity index is 3.80. The molecule has 0 aliphatic heterocycles. The quantitative estimate of drug-likeness (QED) is 0.607. The number of allylic oxidation sites excluding steroid dienone is 1. The van der Waals surface area contributed by atoms with Crippen molar-refractivity contribution in [1.29, 1.82) is 0 Å². The van der Waals surface area contributed by atoms with Crippen LogP contribution in [0.2, 0.25) is 0 Å². The first-order valence-electron chi connectivity index (χ1n) is 4.57. The van der Waals surface area contributed by atoms with Crippen LogP contribution in [0.1, 0.15) is 40.0 Å². The van der Waals surface area contributed by atoms with E-state index in [2.05, 4.69) is 13.8 Å². The van der Waals surface area contributed by atoms with Crippen molar-refractivity contribution < 1.29 is 5.11 Å². The van der Waals surface area contributed by atoms with E-state index in [0.717, 1.165) is 19.3 Å². The molecule has 66 valence electrons. The minimum absolute atomic E-state index is 0.232. The van der Waals surface area contributed by atoms with Crippen LogP contribution >= 0.6 is 0 Å². The summed E-state index contributed by atoms with van der Waals surface area (Å²) in [5.41, 5.74) is 0. The molecule has 0 amide bonds. The van der Waals surface area contributed by atoms with Crippen molar-refractivity contribution >= 4 is 0 Å². The maximum Gasteiger partial charge on any atom is 0.0748 e. The first-order chi connectivity index (χ1) is 5.26. The van der Waals surface area contributed by atoms with Crippen molar-refractivity contribution in [3.05, 3.63) is 12.2 Å². The highest BCUT2D eigenvalue weighted by atomic mass is 16.3. The molecule has 11 heavy (non-hydrogen) atoms. The largest absolute Gasteiger partial charge is 0.389 e. The highest BCUT2D eigenvalue weighted by Crippen LogP contribution is 2.16. The molecule has 0 saturated carbocycles. The molecule has 1 nitrogen and oxygen atoms in total. The Morgan fingerprint density at radius 2 is 2.00 bits per heavy atom. The molecule has 0 spiro atoms. The smallest absolute Gasteiger partial charge is 0.0748 e. The lowest BCUT2D eigenvalue weighted by atomic mass is 9.94. The van der Waals surface area contributed by atoms with E-state index >= 15 is 0 Å². The predicted molar refractivity (Wildman–Crippen MR) is 49.5 cm³/mol. The van der Waals surface area contributed by atoms with Crippen molar-refractivity contribution in [2.24, 2.45) is 5.92 Å². The van der Waals surface area contributed by atoms with Gasteiger partial charge in [-0.15, -0.1) is 0 Å². The van der Waals surface area contributed by atoms with Crippen LogP contribution in [0.4, 0.5) is 0 Å². The molecule has 0 fully saturated rings. The molecule has 0 rings (SSSR count). The number of rotatable bonds is 5. The molecular formula is C10H20O. The van der Waals surface area contributed by atoms with Crippen LogP contribution in [0.3, 0.4) is 0 Å². The summed E-state index contributed by atoms with van der Waals surface area (Å²) in [6, 6.07) is 0. The van der Waals surface area contributed by atoms with Crippen LogP contribution < -0.4 is 0 Å². The fourth-order valence-electron chi connectivity index (χ4n) is 1.34. The summed E-state index contributed by atoms with van der Waals surface area (Å²) >= 11 is 0. The van der Waals surface area contributed by atoms with Gasteiger partial charge in [-0.2, -0.15) is 0 Å². The summed E-state index contributed by atoms with van der Waals surface area (Å²) in [5, 5.41) is 9.55. The minimum Gasteiger partial charge on any atom is -0.389 e. The fourth-order valence-corrected chi connectivity index (χ4v) is 1.34. The zero-order chi connectivity index (χ0) is 8.69. The van der Waals surface area contributed by atoms with Crippen LogP contribution in [-0.2, 0) is 0 Å². The van der Waals surface area contributed by atoms with Gasteiger partial charge in [-0.25, -0.2) is 0 Å². The highest BCUT2D eigenvalue weighted by Gasteiger charge is 2.12. The van der Waals surface area contributed by atoms with Gasteiger partial charge < -0.3 is 5.11 Å². The maximum atomic E-state index is 9.55. The highest BCUT2D eigenvalue weighted by molar-refractivity contribution is 4.89. The summed E-state index contributed by atoms with van der Waals surface area (Å²) in [4.78, 5) is 0. The molecule has 2 atom stereocenters. The van der Waals surface area contributed by atoms with Crippen LogP contribution in [0.25, 0.3) is 0 Å². The third kappa shape index (κ3) is 4.20. The number of hydrogen-bond donors (Lipinski definition) is 1. The van der Waals surface area contributed by atoms with E-state index in [0.29, 0.717) is 5.92 Å². The molecule has 0 aromatic carbocycles. The molecule has 0 aliphatic rings. The average molecular weight is 156 g/mol. The van der Waals surface area contributed by atoms with Crippen LogP contribution in [0.15, 0.2) is 12.2 Å². The molecule has 0 heterocycles. The molecule has 2 unspecified atom stereocenters. The normalized spacial score (nSPS) is 17.1. The van der Waals surface area contributed by atoms with Gasteiger partial charge in [0, 0.05) is 0 Å². The molecule has 0 saturated heterocycles. The number of hydrogen-bond acceptors (Lipinski definition) is 1. The van der Waals surface area contributed by atoms with Crippen LogP contribution in [0, 0.1) is 5.92 Å². The van der Waals surface area contributed by atoms with Gasteiger partial charge in [0.15, 0.2) is 0 Å². The van der Waals surface area contributed by atoms with E-state index in [1.54, 1.807) is 0 Å². The second-order valence-electron chi connectivity index (χ2n) is 2.97. The lowest BCUT2D eigenvalue weighted by Crippen LogP contribution is -2.16. The van der Waals surface area contributed by atoms with Crippen molar-refractivity contribution in [3.8, 4) is 0 Å². The second-order valence-corrected chi connectivity index (χ2v) is 2.97. The van der Waals surface area contributed by atoms with E-state index in [9.17, 15) is 5.11 Å². The fraction of sp³-hybridized carbons (Fsp3) is 0.800. The van der Waals surface area contributed by atoms with E-state index < -0.39 is 0 Å². The lowest BCUT2D eigenvalue weighted by Gasteiger charge is -2.17. The Morgan fingerprint density at radius 1 is 1.36 bits per heavy atom. The third-order valence-electron chi connectivity index (χ3n) is 2.06. The topological polar surface area (TPSA) is 20.2 Å². The predicted octanol–water partition coefficient (Wildman–Crippen LogP) is 2.75. The van der Waals surface area contributed by atoms with E-state index in [1.165, 1.54) is 0 Å². The van der Waals surface area contributed by atoms with Crippen molar-refractivity contribution in [2.75, 3.05) is 0 Å². The molecule has 0 aromatic rings. The summed E-state index contributed by atoms with van der Waals surface area (Å²) in [5.74, 6) is 0.455. The Morgan fingerprint density at radius 3 is 2.36 bits per heavy atom. The SMILES string of the molecule is CC=CC(O)C(CC)CCC. The van der Waals surface area contributed by atoms with E-state index in [-0.39, 0.29) is 6.10 Å². The molecule has 0 bridgehead atoms. The van der Waals surface area contributed by atoms with Gasteiger partial charge in [0.25, 0.3) is 0 Å². The lowest BCUT2D eigenvalue weighted by molar-refractivity contribution is 0.143. The Hall–Kier alpha value is -0.300. The van der Waals surface area contributed by atoms with Crippen LogP contribution in [0.5, 0.6) is 0 Å². The number of aliphatic hydroxyl groups excluding tert-OH is 1. The number of aliphatic hydroxyl groups is 1. The molecule has 1 N–H and O–H groups in total. The van der Waals surface area contributed by atoms with Gasteiger partial charge in [-0.3, -0.25) is 0 Å². The van der Waals surface area contributed by atoms with Gasteiger partial charge in [0.2, 0.25) is 0 Å². The maximum absolute atomic E-state index is 9.55. The Kier molecular flexibility index (Phi) is 6.24. The van der Waals surface area contributed by atoms with Gasteiger partial charge in [0.05, 0.1) is 6.10 Å². The van der Waals surface area contributed by atoms with Gasteiger partial charge >= 0.3 is 0 Å². The Bertz CT molecular complexity index is 107. The zero-order valence-electron chi connectivity index (χ0n) is 7.88. The van der Waals surface area contributed by atoms with Crippen molar-refractivity contribution in [2.45, 2.75) is 46.1 Å². The van der Waals surface area contributed by atoms with Crippen molar-refractivity contribution in [1.82, 2.24) is 0 Å². The van der Waals surface area contributed by atoms with Gasteiger partial charge in [-0.05, 0) is 19.3 Å². The first-order valence-corrected chi connectivity index (χ1v) is 4.57. The standard InChI is InChI=1S/C10H20O/c1-4-7-9(6-3)10(11)8-5-2/h5,8-11H,4,6-7H2,1-3H3. The molecule has 0 aliphatic carbocycles. The Labute approximate surface area is 70.1 Å². The summed E-state index contributed by atoms with van der Waals surface area (Å²) in [6.45, 7) is 6.24. The second kappa shape index (κ2) is 6.41. The van der Waals surface area contributed by atoms with Gasteiger partial charge in [0.1, 0.15) is 0 Å². The summed E-state index contributed by atoms with van der Waals surface area (Å²) < 4.78 is 0. The third-order valence-corrected chi connectivity index (χ3v) is 2.06. The average Bonchev–Trinajstić information content (AvgIpc) is 2.00. The van der Waals surface area contributed by atoms with Crippen LogP contribution in [-0.4, -0.2) is 11.2 Å². The minimum atomic E-state index is -0.232.